The fourth-order valence-electron chi connectivity index (χ4n) is 3.97. The molecule has 1 unspecified atom stereocenters. The summed E-state index contributed by atoms with van der Waals surface area (Å²) >= 11 is 5.61. The predicted molar refractivity (Wildman–Crippen MR) is 145 cm³/mol. The van der Waals surface area contributed by atoms with Crippen LogP contribution < -0.4 is 14.8 Å². The second kappa shape index (κ2) is 12.4. The van der Waals surface area contributed by atoms with Crippen LogP contribution in [0.15, 0.2) is 64.2 Å². The van der Waals surface area contributed by atoms with Crippen molar-refractivity contribution in [1.82, 2.24) is 10.2 Å². The quantitative estimate of drug-likeness (QED) is 0.195. The number of carbonyl (C=O) groups is 2. The molecule has 2 aromatic rings. The smallest absolute Gasteiger partial charge is 0.338 e. The number of aryl methyl sites for hydroxylation is 1. The molecule has 0 aliphatic carbocycles. The van der Waals surface area contributed by atoms with Crippen LogP contribution >= 0.6 is 12.2 Å². The number of carbonyl (C=O) groups excluding carboxylic acids is 2. The molecule has 0 bridgehead atoms. The Balaban J connectivity index is 2.16. The van der Waals surface area contributed by atoms with Crippen molar-refractivity contribution in [3.8, 4) is 11.5 Å². The molecule has 0 radical (unpaired) electrons. The van der Waals surface area contributed by atoms with E-state index in [2.05, 4.69) is 11.9 Å². The molecule has 1 aromatic carbocycles. The Morgan fingerprint density at radius 3 is 2.51 bits per heavy atom. The van der Waals surface area contributed by atoms with Crippen LogP contribution in [-0.2, 0) is 14.3 Å². The summed E-state index contributed by atoms with van der Waals surface area (Å²) in [6, 6.07) is 8.00. The number of nitrogens with zero attached hydrogens (tertiary/aromatic N) is 1. The van der Waals surface area contributed by atoms with Gasteiger partial charge in [-0.3, -0.25) is 9.69 Å². The molecule has 8 nitrogen and oxygen atoms in total. The van der Waals surface area contributed by atoms with Crippen LogP contribution in [0.2, 0.25) is 0 Å². The van der Waals surface area contributed by atoms with E-state index in [9.17, 15) is 9.59 Å². The number of ether oxygens (including phenoxy) is 3. The Morgan fingerprint density at radius 1 is 1.14 bits per heavy atom. The Bertz CT molecular complexity index is 1260. The number of nitrogens with one attached hydrogen (secondary N) is 1. The summed E-state index contributed by atoms with van der Waals surface area (Å²) in [6.45, 7) is 13.4. The molecule has 2 heterocycles. The van der Waals surface area contributed by atoms with Gasteiger partial charge in [0.1, 0.15) is 18.1 Å². The summed E-state index contributed by atoms with van der Waals surface area (Å²) in [5.74, 6) is 1.31. The van der Waals surface area contributed by atoms with E-state index >= 15 is 0 Å². The minimum Gasteiger partial charge on any atom is -0.490 e. The van der Waals surface area contributed by atoms with E-state index in [0.29, 0.717) is 47.3 Å². The summed E-state index contributed by atoms with van der Waals surface area (Å²) in [5, 5.41) is 3.16. The average Bonchev–Trinajstić information content (AvgIpc) is 3.26. The molecule has 1 aliphatic rings. The normalized spacial score (nSPS) is 15.8. The molecule has 1 N–H and O–H groups in total. The molecule has 1 atom stereocenters. The topological polar surface area (TPSA) is 90.2 Å². The van der Waals surface area contributed by atoms with Crippen LogP contribution in [-0.4, -0.2) is 41.7 Å². The molecule has 196 valence electrons. The van der Waals surface area contributed by atoms with Crippen LogP contribution in [0.5, 0.6) is 11.5 Å². The third-order valence-electron chi connectivity index (χ3n) is 5.56. The van der Waals surface area contributed by atoms with Crippen molar-refractivity contribution in [2.24, 2.45) is 0 Å². The number of hydrogen-bond acceptors (Lipinski definition) is 7. The predicted octanol–water partition coefficient (Wildman–Crippen LogP) is 5.25. The summed E-state index contributed by atoms with van der Waals surface area (Å²) in [5.41, 5.74) is 1.76. The molecule has 0 saturated carbocycles. The van der Waals surface area contributed by atoms with Crippen molar-refractivity contribution in [3.63, 3.8) is 0 Å². The van der Waals surface area contributed by atoms with E-state index in [1.165, 1.54) is 4.90 Å². The zero-order valence-corrected chi connectivity index (χ0v) is 22.6. The van der Waals surface area contributed by atoms with Crippen molar-refractivity contribution in [2.45, 2.75) is 40.7 Å². The highest BCUT2D eigenvalue weighted by molar-refractivity contribution is 7.80. The van der Waals surface area contributed by atoms with Crippen molar-refractivity contribution in [2.75, 3.05) is 19.8 Å². The summed E-state index contributed by atoms with van der Waals surface area (Å²) < 4.78 is 22.5. The van der Waals surface area contributed by atoms with Gasteiger partial charge >= 0.3 is 5.97 Å². The Labute approximate surface area is 222 Å². The lowest BCUT2D eigenvalue weighted by Crippen LogP contribution is -2.51. The maximum Gasteiger partial charge on any atom is 0.338 e. The van der Waals surface area contributed by atoms with E-state index in [1.54, 1.807) is 57.2 Å². The third-order valence-corrected chi connectivity index (χ3v) is 5.86. The van der Waals surface area contributed by atoms with E-state index in [0.717, 1.165) is 5.76 Å². The number of furan rings is 1. The first kappa shape index (κ1) is 27.7. The van der Waals surface area contributed by atoms with E-state index in [1.807, 2.05) is 19.9 Å². The number of esters is 1. The molecule has 3 rings (SSSR count). The standard InChI is InChI=1S/C28H32N2O6S/c1-7-14-35-22-13-11-20(16-23(22)33-8-2)25-24(27(32)34-9-3)19(6)29-28(37)30(25)26(31)17(4)15-21-12-10-18(5)36-21/h7,10-13,15-16,25H,1,8-9,14H2,2-6H3,(H,29,37)/b17-15+. The molecular formula is C28H32N2O6S. The number of benzene rings is 1. The summed E-state index contributed by atoms with van der Waals surface area (Å²) in [4.78, 5) is 28.3. The van der Waals surface area contributed by atoms with E-state index in [-0.39, 0.29) is 17.3 Å². The lowest BCUT2D eigenvalue weighted by atomic mass is 9.93. The van der Waals surface area contributed by atoms with Gasteiger partial charge in [0, 0.05) is 11.3 Å². The fraction of sp³-hybridized carbons (Fsp3) is 0.321. The average molecular weight is 525 g/mol. The van der Waals surface area contributed by atoms with Crippen LogP contribution in [0.4, 0.5) is 0 Å². The van der Waals surface area contributed by atoms with Gasteiger partial charge in [-0.05, 0) is 82.7 Å². The first-order chi connectivity index (χ1) is 17.7. The first-order valence-electron chi connectivity index (χ1n) is 12.0. The van der Waals surface area contributed by atoms with Gasteiger partial charge in [0.15, 0.2) is 16.6 Å². The number of hydrogen-bond donors (Lipinski definition) is 1. The van der Waals surface area contributed by atoms with Crippen molar-refractivity contribution in [1.29, 1.82) is 0 Å². The number of allylic oxidation sites excluding steroid dienone is 1. The van der Waals surface area contributed by atoms with E-state index < -0.39 is 17.9 Å². The molecule has 0 spiro atoms. The van der Waals surface area contributed by atoms with Crippen molar-refractivity contribution in [3.05, 3.63) is 76.9 Å². The van der Waals surface area contributed by atoms with E-state index in [4.69, 9.17) is 30.8 Å². The number of rotatable bonds is 10. The molecule has 1 aliphatic heterocycles. The molecule has 1 aromatic heterocycles. The SMILES string of the molecule is C=CCOc1ccc(C2C(C(=O)OCC)=C(C)NC(=S)N2C(=O)/C(C)=C/c2ccc(C)o2)cc1OCC. The monoisotopic (exact) mass is 524 g/mol. The van der Waals surface area contributed by atoms with Crippen molar-refractivity contribution >= 4 is 35.3 Å². The molecule has 37 heavy (non-hydrogen) atoms. The van der Waals surface area contributed by atoms with Gasteiger partial charge in [0.25, 0.3) is 5.91 Å². The largest absolute Gasteiger partial charge is 0.490 e. The molecule has 0 fully saturated rings. The first-order valence-corrected chi connectivity index (χ1v) is 12.4. The fourth-order valence-corrected chi connectivity index (χ4v) is 4.31. The number of thiocarbonyl (C=S) groups is 1. The van der Waals surface area contributed by atoms with Gasteiger partial charge in [-0.1, -0.05) is 18.7 Å². The lowest BCUT2D eigenvalue weighted by molar-refractivity contribution is -0.139. The maximum atomic E-state index is 13.8. The third kappa shape index (κ3) is 6.29. The molecule has 9 heteroatoms. The Kier molecular flexibility index (Phi) is 9.30. The Morgan fingerprint density at radius 2 is 1.89 bits per heavy atom. The van der Waals surface area contributed by atoms with Gasteiger partial charge < -0.3 is 23.9 Å². The molecule has 0 saturated heterocycles. The highest BCUT2D eigenvalue weighted by Crippen LogP contribution is 2.39. The number of amides is 1. The molecular weight excluding hydrogens is 492 g/mol. The Hall–Kier alpha value is -3.85. The minimum atomic E-state index is -0.866. The minimum absolute atomic E-state index is 0.161. The van der Waals surface area contributed by atoms with Crippen LogP contribution in [0, 0.1) is 6.92 Å². The zero-order valence-electron chi connectivity index (χ0n) is 21.8. The van der Waals surface area contributed by atoms with Gasteiger partial charge in [-0.2, -0.15) is 0 Å². The zero-order chi connectivity index (χ0) is 27.1. The van der Waals surface area contributed by atoms with Gasteiger partial charge in [-0.25, -0.2) is 4.79 Å². The van der Waals surface area contributed by atoms with Crippen LogP contribution in [0.25, 0.3) is 6.08 Å². The second-order valence-electron chi connectivity index (χ2n) is 8.28. The summed E-state index contributed by atoms with van der Waals surface area (Å²) in [7, 11) is 0. The van der Waals surface area contributed by atoms with Crippen molar-refractivity contribution < 1.29 is 28.2 Å². The van der Waals surface area contributed by atoms with Gasteiger partial charge in [0.2, 0.25) is 0 Å². The second-order valence-corrected chi connectivity index (χ2v) is 8.67. The molecule has 1 amide bonds. The maximum absolute atomic E-state index is 13.8. The van der Waals surface area contributed by atoms with Crippen LogP contribution in [0.3, 0.4) is 0 Å². The highest BCUT2D eigenvalue weighted by Gasteiger charge is 2.40. The van der Waals surface area contributed by atoms with Gasteiger partial charge in [0.05, 0.1) is 24.8 Å². The summed E-state index contributed by atoms with van der Waals surface area (Å²) in [6.07, 6.45) is 3.28. The highest BCUT2D eigenvalue weighted by atomic mass is 32.1. The van der Waals surface area contributed by atoms with Gasteiger partial charge in [-0.15, -0.1) is 0 Å². The lowest BCUT2D eigenvalue weighted by Gasteiger charge is -2.38. The van der Waals surface area contributed by atoms with Crippen LogP contribution in [0.1, 0.15) is 50.8 Å².